The molecule has 6 nitrogen and oxygen atoms in total. The molecule has 1 N–H and O–H groups in total. The zero-order valence-electron chi connectivity index (χ0n) is 14.2. The number of amides is 1. The molecule has 22 heavy (non-hydrogen) atoms. The number of nitrogens with zero attached hydrogens (tertiary/aromatic N) is 3. The first-order valence-electron chi connectivity index (χ1n) is 7.92. The summed E-state index contributed by atoms with van der Waals surface area (Å²) in [6.45, 7) is 4.87. The molecule has 0 aliphatic carbocycles. The molecule has 1 aliphatic heterocycles. The maximum atomic E-state index is 11.9. The quantitative estimate of drug-likeness (QED) is 0.866. The zero-order chi connectivity index (χ0) is 16.2. The van der Waals surface area contributed by atoms with Crippen molar-refractivity contribution < 1.29 is 9.53 Å². The normalized spacial score (nSPS) is 22.7. The van der Waals surface area contributed by atoms with E-state index in [9.17, 15) is 4.79 Å². The number of aryl methyl sites for hydroxylation is 1. The maximum absolute atomic E-state index is 11.9. The number of methoxy groups -OCH3 is 1. The van der Waals surface area contributed by atoms with Gasteiger partial charge in [0.1, 0.15) is 0 Å². The van der Waals surface area contributed by atoms with Gasteiger partial charge in [-0.15, -0.1) is 0 Å². The summed E-state index contributed by atoms with van der Waals surface area (Å²) in [5.41, 5.74) is 2.15. The van der Waals surface area contributed by atoms with Crippen LogP contribution in [0.25, 0.3) is 0 Å². The fourth-order valence-corrected chi connectivity index (χ4v) is 3.13. The molecule has 0 spiro atoms. The minimum Gasteiger partial charge on any atom is -0.377 e. The van der Waals surface area contributed by atoms with E-state index < -0.39 is 0 Å². The van der Waals surface area contributed by atoms with Gasteiger partial charge < -0.3 is 9.64 Å². The number of aromatic amines is 1. The number of rotatable bonds is 6. The number of hydrogen-bond acceptors (Lipinski definition) is 4. The van der Waals surface area contributed by atoms with Crippen LogP contribution in [0.4, 0.5) is 0 Å². The van der Waals surface area contributed by atoms with Gasteiger partial charge in [0.05, 0.1) is 11.8 Å². The monoisotopic (exact) mass is 308 g/mol. The van der Waals surface area contributed by atoms with Crippen LogP contribution in [0.3, 0.4) is 0 Å². The standard InChI is InChI=1S/C16H28N4O2/c1-13-14(10-17-18-13)11-20-9-5-7-16(12-20,22-4)8-6-15(21)19(2)3/h10H,5-9,11-12H2,1-4H3,(H,17,18). The number of ether oxygens (including phenoxy) is 1. The van der Waals surface area contributed by atoms with Crippen LogP contribution in [-0.4, -0.2) is 65.8 Å². The molecule has 1 saturated heterocycles. The molecule has 1 aliphatic rings. The Morgan fingerprint density at radius 1 is 1.55 bits per heavy atom. The molecule has 1 atom stereocenters. The largest absolute Gasteiger partial charge is 0.377 e. The van der Waals surface area contributed by atoms with Crippen molar-refractivity contribution in [3.63, 3.8) is 0 Å². The summed E-state index contributed by atoms with van der Waals surface area (Å²) < 4.78 is 5.85. The summed E-state index contributed by atoms with van der Waals surface area (Å²) in [5, 5.41) is 7.08. The Bertz CT molecular complexity index is 500. The minimum atomic E-state index is -0.207. The predicted molar refractivity (Wildman–Crippen MR) is 85.5 cm³/mol. The molecule has 1 amide bonds. The fraction of sp³-hybridized carbons (Fsp3) is 0.750. The average molecular weight is 308 g/mol. The highest BCUT2D eigenvalue weighted by Gasteiger charge is 2.36. The molecule has 6 heteroatoms. The SMILES string of the molecule is COC1(CCC(=O)N(C)C)CCCN(Cc2cn[nH]c2C)C1. The van der Waals surface area contributed by atoms with Gasteiger partial charge in [0.15, 0.2) is 0 Å². The van der Waals surface area contributed by atoms with Gasteiger partial charge >= 0.3 is 0 Å². The van der Waals surface area contributed by atoms with Gasteiger partial charge in [-0.3, -0.25) is 14.8 Å². The third-order valence-corrected chi connectivity index (χ3v) is 4.67. The van der Waals surface area contributed by atoms with Crippen LogP contribution in [0.1, 0.15) is 36.9 Å². The first-order valence-corrected chi connectivity index (χ1v) is 7.92. The highest BCUT2D eigenvalue weighted by atomic mass is 16.5. The summed E-state index contributed by atoms with van der Waals surface area (Å²) in [6, 6.07) is 0. The molecule has 0 saturated carbocycles. The van der Waals surface area contributed by atoms with Gasteiger partial charge in [-0.2, -0.15) is 5.10 Å². The number of piperidine rings is 1. The number of hydrogen-bond donors (Lipinski definition) is 1. The lowest BCUT2D eigenvalue weighted by Crippen LogP contribution is -2.49. The van der Waals surface area contributed by atoms with Crippen molar-refractivity contribution in [1.82, 2.24) is 20.0 Å². The Kier molecular flexibility index (Phi) is 5.58. The van der Waals surface area contributed by atoms with Crippen molar-refractivity contribution in [3.8, 4) is 0 Å². The molecule has 1 aromatic heterocycles. The average Bonchev–Trinajstić information content (AvgIpc) is 2.90. The molecule has 124 valence electrons. The number of carbonyl (C=O) groups is 1. The lowest BCUT2D eigenvalue weighted by atomic mass is 9.87. The Morgan fingerprint density at radius 3 is 2.91 bits per heavy atom. The first-order chi connectivity index (χ1) is 10.5. The van der Waals surface area contributed by atoms with Crippen molar-refractivity contribution >= 4 is 5.91 Å². The van der Waals surface area contributed by atoms with Crippen LogP contribution in [-0.2, 0) is 16.1 Å². The minimum absolute atomic E-state index is 0.166. The van der Waals surface area contributed by atoms with Crippen LogP contribution < -0.4 is 0 Å². The van der Waals surface area contributed by atoms with E-state index in [1.54, 1.807) is 26.1 Å². The predicted octanol–water partition coefficient (Wildman–Crippen LogP) is 1.57. The lowest BCUT2D eigenvalue weighted by molar-refractivity contribution is -0.131. The molecule has 0 aromatic carbocycles. The highest BCUT2D eigenvalue weighted by Crippen LogP contribution is 2.30. The van der Waals surface area contributed by atoms with Crippen molar-refractivity contribution in [1.29, 1.82) is 0 Å². The van der Waals surface area contributed by atoms with Gasteiger partial charge in [-0.05, 0) is 32.7 Å². The van der Waals surface area contributed by atoms with E-state index in [4.69, 9.17) is 4.74 Å². The Morgan fingerprint density at radius 2 is 2.32 bits per heavy atom. The fourth-order valence-electron chi connectivity index (χ4n) is 3.13. The summed E-state index contributed by atoms with van der Waals surface area (Å²) in [7, 11) is 5.38. The second kappa shape index (κ2) is 7.24. The summed E-state index contributed by atoms with van der Waals surface area (Å²) >= 11 is 0. The van der Waals surface area contributed by atoms with Crippen LogP contribution in [0.2, 0.25) is 0 Å². The molecule has 0 bridgehead atoms. The van der Waals surface area contributed by atoms with Crippen LogP contribution in [0, 0.1) is 6.92 Å². The molecule has 1 fully saturated rings. The first kappa shape index (κ1) is 17.0. The highest BCUT2D eigenvalue weighted by molar-refractivity contribution is 5.75. The molecule has 1 aromatic rings. The number of H-pyrrole nitrogens is 1. The molecular weight excluding hydrogens is 280 g/mol. The van der Waals surface area contributed by atoms with Crippen molar-refractivity contribution in [2.24, 2.45) is 0 Å². The second-order valence-electron chi connectivity index (χ2n) is 6.51. The number of aromatic nitrogens is 2. The van der Waals surface area contributed by atoms with E-state index in [0.717, 1.165) is 44.6 Å². The number of likely N-dealkylation sites (tertiary alicyclic amines) is 1. The molecule has 2 rings (SSSR count). The van der Waals surface area contributed by atoms with Gasteiger partial charge in [-0.25, -0.2) is 0 Å². The van der Waals surface area contributed by atoms with E-state index in [2.05, 4.69) is 15.1 Å². The Hall–Kier alpha value is -1.40. The van der Waals surface area contributed by atoms with Gasteiger partial charge in [0.25, 0.3) is 0 Å². The van der Waals surface area contributed by atoms with E-state index in [1.165, 1.54) is 5.56 Å². The van der Waals surface area contributed by atoms with Crippen molar-refractivity contribution in [3.05, 3.63) is 17.5 Å². The lowest BCUT2D eigenvalue weighted by Gasteiger charge is -2.42. The molecule has 0 radical (unpaired) electrons. The van der Waals surface area contributed by atoms with E-state index in [0.29, 0.717) is 6.42 Å². The zero-order valence-corrected chi connectivity index (χ0v) is 14.2. The number of nitrogens with one attached hydrogen (secondary N) is 1. The van der Waals surface area contributed by atoms with Crippen LogP contribution in [0.15, 0.2) is 6.20 Å². The van der Waals surface area contributed by atoms with Crippen LogP contribution in [0.5, 0.6) is 0 Å². The van der Waals surface area contributed by atoms with E-state index in [-0.39, 0.29) is 11.5 Å². The van der Waals surface area contributed by atoms with Gasteiger partial charge in [0.2, 0.25) is 5.91 Å². The Balaban J connectivity index is 1.96. The van der Waals surface area contributed by atoms with Crippen molar-refractivity contribution in [2.45, 2.75) is 44.8 Å². The van der Waals surface area contributed by atoms with Gasteiger partial charge in [-0.1, -0.05) is 0 Å². The summed E-state index contributed by atoms with van der Waals surface area (Å²) in [6.07, 6.45) is 5.33. The molecular formula is C16H28N4O2. The second-order valence-corrected chi connectivity index (χ2v) is 6.51. The van der Waals surface area contributed by atoms with E-state index in [1.807, 2.05) is 13.1 Å². The van der Waals surface area contributed by atoms with Gasteiger partial charge in [0, 0.05) is 52.0 Å². The Labute approximate surface area is 132 Å². The van der Waals surface area contributed by atoms with Crippen molar-refractivity contribution in [2.75, 3.05) is 34.3 Å². The van der Waals surface area contributed by atoms with E-state index >= 15 is 0 Å². The summed E-state index contributed by atoms with van der Waals surface area (Å²) in [5.74, 6) is 0.166. The maximum Gasteiger partial charge on any atom is 0.222 e. The summed E-state index contributed by atoms with van der Waals surface area (Å²) in [4.78, 5) is 15.9. The topological polar surface area (TPSA) is 61.5 Å². The third-order valence-electron chi connectivity index (χ3n) is 4.67. The smallest absolute Gasteiger partial charge is 0.222 e. The third kappa shape index (κ3) is 4.08. The molecule has 1 unspecified atom stereocenters. The molecule has 2 heterocycles. The van der Waals surface area contributed by atoms with Crippen LogP contribution >= 0.6 is 0 Å². The number of carbonyl (C=O) groups excluding carboxylic acids is 1.